The second kappa shape index (κ2) is 11.9. The molecule has 1 fully saturated rings. The Morgan fingerprint density at radius 1 is 0.950 bits per heavy atom. The maximum Gasteiger partial charge on any atom is 0.296 e. The molecule has 1 aromatic heterocycles. The van der Waals surface area contributed by atoms with E-state index >= 15 is 0 Å². The third-order valence-corrected chi connectivity index (χ3v) is 6.78. The van der Waals surface area contributed by atoms with E-state index in [4.69, 9.17) is 13.9 Å². The van der Waals surface area contributed by atoms with Gasteiger partial charge in [-0.05, 0) is 72.5 Å². The van der Waals surface area contributed by atoms with Crippen LogP contribution in [0.3, 0.4) is 0 Å². The highest BCUT2D eigenvalue weighted by molar-refractivity contribution is 6.46. The number of rotatable bonds is 10. The van der Waals surface area contributed by atoms with Crippen LogP contribution in [0.15, 0.2) is 101 Å². The molecule has 1 unspecified atom stereocenters. The first-order chi connectivity index (χ1) is 19.5. The van der Waals surface area contributed by atoms with Crippen LogP contribution < -0.4 is 9.47 Å². The second-order valence-electron chi connectivity index (χ2n) is 9.68. The summed E-state index contributed by atoms with van der Waals surface area (Å²) in [6, 6.07) is 24.9. The topological polar surface area (TPSA) is 89.2 Å². The maximum absolute atomic E-state index is 13.4. The van der Waals surface area contributed by atoms with Gasteiger partial charge in [-0.25, -0.2) is 0 Å². The Kier molecular flexibility index (Phi) is 8.01. The van der Waals surface area contributed by atoms with E-state index in [0.717, 1.165) is 17.5 Å². The first-order valence-electron chi connectivity index (χ1n) is 13.3. The minimum Gasteiger partial charge on any atom is -0.507 e. The van der Waals surface area contributed by atoms with Crippen LogP contribution >= 0.6 is 0 Å². The van der Waals surface area contributed by atoms with Crippen molar-refractivity contribution in [3.63, 3.8) is 0 Å². The molecule has 3 aromatic carbocycles. The van der Waals surface area contributed by atoms with Gasteiger partial charge in [0.15, 0.2) is 0 Å². The number of carbonyl (C=O) groups excluding carboxylic acids is 2. The first kappa shape index (κ1) is 26.8. The van der Waals surface area contributed by atoms with Gasteiger partial charge < -0.3 is 23.9 Å². The first-order valence-corrected chi connectivity index (χ1v) is 13.3. The zero-order valence-electron chi connectivity index (χ0n) is 22.5. The lowest BCUT2D eigenvalue weighted by atomic mass is 9.94. The van der Waals surface area contributed by atoms with E-state index in [-0.39, 0.29) is 17.9 Å². The maximum atomic E-state index is 13.4. The molecule has 7 nitrogen and oxygen atoms in total. The van der Waals surface area contributed by atoms with Crippen molar-refractivity contribution in [1.82, 2.24) is 4.90 Å². The summed E-state index contributed by atoms with van der Waals surface area (Å²) in [4.78, 5) is 28.2. The molecule has 7 heteroatoms. The molecule has 2 heterocycles. The molecular weight excluding hydrogens is 506 g/mol. The Hall–Kier alpha value is -4.78. The van der Waals surface area contributed by atoms with Gasteiger partial charge in [-0.3, -0.25) is 9.59 Å². The van der Waals surface area contributed by atoms with Crippen LogP contribution in [0.25, 0.3) is 5.76 Å². The highest BCUT2D eigenvalue weighted by Gasteiger charge is 2.46. The molecule has 4 aromatic rings. The van der Waals surface area contributed by atoms with Gasteiger partial charge >= 0.3 is 0 Å². The highest BCUT2D eigenvalue weighted by atomic mass is 16.5. The molecule has 0 saturated carbocycles. The lowest BCUT2D eigenvalue weighted by Crippen LogP contribution is -2.29. The van der Waals surface area contributed by atoms with E-state index < -0.39 is 17.7 Å². The predicted molar refractivity (Wildman–Crippen MR) is 151 cm³/mol. The highest BCUT2D eigenvalue weighted by Crippen LogP contribution is 2.41. The normalized spacial score (nSPS) is 16.4. The fourth-order valence-electron chi connectivity index (χ4n) is 4.80. The average Bonchev–Trinajstić information content (AvgIpc) is 3.58. The summed E-state index contributed by atoms with van der Waals surface area (Å²) in [6.45, 7) is 4.91. The molecule has 1 saturated heterocycles. The summed E-state index contributed by atoms with van der Waals surface area (Å²) in [5.74, 6) is 0.101. The van der Waals surface area contributed by atoms with Crippen molar-refractivity contribution < 1.29 is 28.6 Å². The quantitative estimate of drug-likeness (QED) is 0.140. The van der Waals surface area contributed by atoms with Gasteiger partial charge in [0.05, 0.1) is 31.0 Å². The summed E-state index contributed by atoms with van der Waals surface area (Å²) < 4.78 is 17.3. The van der Waals surface area contributed by atoms with E-state index in [1.165, 1.54) is 11.2 Å². The van der Waals surface area contributed by atoms with Crippen LogP contribution in [-0.4, -0.2) is 28.3 Å². The number of carbonyl (C=O) groups is 2. The van der Waals surface area contributed by atoms with Crippen molar-refractivity contribution in [3.05, 3.63) is 125 Å². The number of Topliss-reactive ketones (excluding diaryl/α,β-unsaturated/α-hetero) is 1. The van der Waals surface area contributed by atoms with Gasteiger partial charge in [0, 0.05) is 5.56 Å². The van der Waals surface area contributed by atoms with Crippen molar-refractivity contribution in [2.45, 2.75) is 39.5 Å². The molecular formula is C33H31NO6. The van der Waals surface area contributed by atoms with Gasteiger partial charge in [0.1, 0.15) is 29.6 Å². The number of aryl methyl sites for hydroxylation is 1. The lowest BCUT2D eigenvalue weighted by Gasteiger charge is -2.25. The lowest BCUT2D eigenvalue weighted by molar-refractivity contribution is -0.140. The Labute approximate surface area is 233 Å². The molecule has 0 aliphatic carbocycles. The van der Waals surface area contributed by atoms with Crippen molar-refractivity contribution in [1.29, 1.82) is 0 Å². The van der Waals surface area contributed by atoms with Crippen molar-refractivity contribution in [2.75, 3.05) is 6.61 Å². The third-order valence-electron chi connectivity index (χ3n) is 6.78. The number of likely N-dealkylation sites (tertiary alicyclic amines) is 1. The predicted octanol–water partition coefficient (Wildman–Crippen LogP) is 6.58. The molecule has 0 spiro atoms. The standard InChI is InChI=1S/C33H31NO6/c1-3-16-39-28-15-14-25(18-22(28)2)31(35)29-30(34(33(37)32(29)36)20-27-13-8-17-38-27)24-11-7-12-26(19-24)40-21-23-9-5-4-6-10-23/h4-15,17-19,30,35H,3,16,20-21H2,1-2H3/b31-29+. The number of furan rings is 1. The molecule has 204 valence electrons. The number of aliphatic hydroxyl groups is 1. The number of amides is 1. The Balaban J connectivity index is 1.54. The van der Waals surface area contributed by atoms with E-state index in [2.05, 4.69) is 0 Å². The number of ketones is 1. The molecule has 40 heavy (non-hydrogen) atoms. The number of benzene rings is 3. The molecule has 1 aliphatic heterocycles. The van der Waals surface area contributed by atoms with Crippen molar-refractivity contribution in [3.8, 4) is 11.5 Å². The Morgan fingerprint density at radius 2 is 1.77 bits per heavy atom. The molecule has 1 N–H and O–H groups in total. The number of aliphatic hydroxyl groups excluding tert-OH is 1. The fraction of sp³-hybridized carbons (Fsp3) is 0.212. The number of hydrogen-bond acceptors (Lipinski definition) is 6. The van der Waals surface area contributed by atoms with E-state index in [1.807, 2.05) is 62.4 Å². The van der Waals surface area contributed by atoms with Crippen LogP contribution in [0.5, 0.6) is 11.5 Å². The van der Waals surface area contributed by atoms with Crippen LogP contribution in [0.2, 0.25) is 0 Å². The zero-order chi connectivity index (χ0) is 28.1. The summed E-state index contributed by atoms with van der Waals surface area (Å²) in [5, 5.41) is 11.5. The molecule has 1 atom stereocenters. The number of hydrogen-bond donors (Lipinski definition) is 1. The molecule has 1 amide bonds. The number of nitrogens with zero attached hydrogens (tertiary/aromatic N) is 1. The Bertz CT molecular complexity index is 1520. The van der Waals surface area contributed by atoms with Crippen LogP contribution in [0.4, 0.5) is 0 Å². The van der Waals surface area contributed by atoms with Gasteiger partial charge in [0.25, 0.3) is 11.7 Å². The number of ether oxygens (including phenoxy) is 2. The van der Waals surface area contributed by atoms with Crippen LogP contribution in [0.1, 0.15) is 47.4 Å². The summed E-state index contributed by atoms with van der Waals surface area (Å²) in [6.07, 6.45) is 2.39. The van der Waals surface area contributed by atoms with Gasteiger partial charge in [0.2, 0.25) is 0 Å². The average molecular weight is 538 g/mol. The van der Waals surface area contributed by atoms with Gasteiger partial charge in [-0.2, -0.15) is 0 Å². The van der Waals surface area contributed by atoms with Crippen molar-refractivity contribution >= 4 is 17.4 Å². The van der Waals surface area contributed by atoms with Gasteiger partial charge in [-0.15, -0.1) is 0 Å². The third kappa shape index (κ3) is 5.64. The monoisotopic (exact) mass is 537 g/mol. The summed E-state index contributed by atoms with van der Waals surface area (Å²) in [5.41, 5.74) is 2.91. The molecule has 0 radical (unpaired) electrons. The minimum absolute atomic E-state index is 0.0124. The smallest absolute Gasteiger partial charge is 0.296 e. The SMILES string of the molecule is CCCOc1ccc(/C(O)=C2\C(=O)C(=O)N(Cc3ccco3)C2c2cccc(OCc3ccccc3)c2)cc1C. The molecule has 1 aliphatic rings. The fourth-order valence-corrected chi connectivity index (χ4v) is 4.80. The van der Waals surface area contributed by atoms with Crippen molar-refractivity contribution in [2.24, 2.45) is 0 Å². The van der Waals surface area contributed by atoms with Crippen LogP contribution in [-0.2, 0) is 22.7 Å². The van der Waals surface area contributed by atoms with E-state index in [0.29, 0.717) is 41.6 Å². The second-order valence-corrected chi connectivity index (χ2v) is 9.68. The summed E-state index contributed by atoms with van der Waals surface area (Å²) in [7, 11) is 0. The van der Waals surface area contributed by atoms with Crippen LogP contribution in [0, 0.1) is 6.92 Å². The Morgan fingerprint density at radius 3 is 2.50 bits per heavy atom. The van der Waals surface area contributed by atoms with E-state index in [1.54, 1.807) is 36.4 Å². The minimum atomic E-state index is -0.846. The van der Waals surface area contributed by atoms with E-state index in [9.17, 15) is 14.7 Å². The zero-order valence-corrected chi connectivity index (χ0v) is 22.5. The molecule has 5 rings (SSSR count). The largest absolute Gasteiger partial charge is 0.507 e. The van der Waals surface area contributed by atoms with Gasteiger partial charge in [-0.1, -0.05) is 49.4 Å². The molecule has 0 bridgehead atoms. The summed E-state index contributed by atoms with van der Waals surface area (Å²) >= 11 is 0.